The Balaban J connectivity index is 2.04. The molecule has 2 N–H and O–H groups in total. The van der Waals surface area contributed by atoms with Gasteiger partial charge in [-0.2, -0.15) is 5.10 Å². The van der Waals surface area contributed by atoms with Crippen LogP contribution in [-0.4, -0.2) is 15.3 Å². The highest BCUT2D eigenvalue weighted by Gasteiger charge is 2.37. The molecule has 1 aromatic carbocycles. The van der Waals surface area contributed by atoms with Crippen LogP contribution in [0.15, 0.2) is 18.2 Å². The molecule has 1 aliphatic rings. The van der Waals surface area contributed by atoms with Gasteiger partial charge in [-0.1, -0.05) is 12.1 Å². The third-order valence-corrected chi connectivity index (χ3v) is 3.55. The highest BCUT2D eigenvalue weighted by Crippen LogP contribution is 2.36. The highest BCUT2D eigenvalue weighted by molar-refractivity contribution is 5.82. The van der Waals surface area contributed by atoms with E-state index in [9.17, 15) is 0 Å². The third kappa shape index (κ3) is 1.52. The fraction of sp³-hybridized carbons (Fsp3) is 0.462. The van der Waals surface area contributed by atoms with Crippen LogP contribution in [0.1, 0.15) is 24.1 Å². The minimum absolute atomic E-state index is 0.0846. The van der Waals surface area contributed by atoms with Crippen molar-refractivity contribution in [2.75, 3.05) is 0 Å². The Labute approximate surface area is 95.2 Å². The normalized spacial score (nSPS) is 17.9. The number of benzene rings is 1. The molecule has 84 valence electrons. The second-order valence-corrected chi connectivity index (χ2v) is 5.10. The first kappa shape index (κ1) is 9.85. The summed E-state index contributed by atoms with van der Waals surface area (Å²) in [4.78, 5) is 0. The van der Waals surface area contributed by atoms with Gasteiger partial charge in [0.2, 0.25) is 0 Å². The summed E-state index contributed by atoms with van der Waals surface area (Å²) in [6.45, 7) is 2.05. The van der Waals surface area contributed by atoms with Crippen molar-refractivity contribution < 1.29 is 0 Å². The predicted molar refractivity (Wildman–Crippen MR) is 65.3 cm³/mol. The molecule has 3 heteroatoms. The first-order chi connectivity index (χ1) is 7.57. The number of hydrogen-bond acceptors (Lipinski definition) is 2. The van der Waals surface area contributed by atoms with Crippen molar-refractivity contribution in [1.29, 1.82) is 0 Å². The number of nitrogens with two attached hydrogens (primary N) is 1. The van der Waals surface area contributed by atoms with Gasteiger partial charge in [-0.15, -0.1) is 0 Å². The Morgan fingerprint density at radius 1 is 1.44 bits per heavy atom. The van der Waals surface area contributed by atoms with Crippen molar-refractivity contribution in [1.82, 2.24) is 9.78 Å². The van der Waals surface area contributed by atoms with E-state index < -0.39 is 0 Å². The molecule has 0 aliphatic heterocycles. The zero-order chi connectivity index (χ0) is 11.3. The van der Waals surface area contributed by atoms with Crippen molar-refractivity contribution in [3.63, 3.8) is 0 Å². The number of rotatable bonds is 2. The summed E-state index contributed by atoms with van der Waals surface area (Å²) in [5.74, 6) is 0. The molecule has 0 bridgehead atoms. The predicted octanol–water partition coefficient (Wildman–Crippen LogP) is 1.92. The SMILES string of the molecule is Cc1nn(C)c2cc(CC3(N)CC3)ccc12. The fourth-order valence-corrected chi connectivity index (χ4v) is 2.34. The molecule has 0 saturated heterocycles. The van der Waals surface area contributed by atoms with Gasteiger partial charge in [0.05, 0.1) is 11.2 Å². The molecule has 3 nitrogen and oxygen atoms in total. The Hall–Kier alpha value is -1.35. The second kappa shape index (κ2) is 3.08. The van der Waals surface area contributed by atoms with Gasteiger partial charge >= 0.3 is 0 Å². The van der Waals surface area contributed by atoms with Gasteiger partial charge < -0.3 is 5.73 Å². The summed E-state index contributed by atoms with van der Waals surface area (Å²) >= 11 is 0. The minimum atomic E-state index is 0.0846. The Morgan fingerprint density at radius 3 is 2.88 bits per heavy atom. The van der Waals surface area contributed by atoms with E-state index in [0.717, 1.165) is 25.0 Å². The molecule has 2 aromatic rings. The standard InChI is InChI=1S/C13H17N3/c1-9-11-4-3-10(8-13(14)5-6-13)7-12(11)16(2)15-9/h3-4,7H,5-6,8,14H2,1-2H3. The van der Waals surface area contributed by atoms with E-state index in [1.54, 1.807) is 0 Å². The topological polar surface area (TPSA) is 43.8 Å². The van der Waals surface area contributed by atoms with Gasteiger partial charge in [0, 0.05) is 18.0 Å². The maximum Gasteiger partial charge on any atom is 0.0684 e. The molecule has 1 aromatic heterocycles. The number of nitrogens with zero attached hydrogens (tertiary/aromatic N) is 2. The zero-order valence-corrected chi connectivity index (χ0v) is 9.83. The Bertz CT molecular complexity index is 550. The lowest BCUT2D eigenvalue weighted by atomic mass is 10.0. The summed E-state index contributed by atoms with van der Waals surface area (Å²) in [6.07, 6.45) is 3.32. The molecule has 0 unspecified atom stereocenters. The van der Waals surface area contributed by atoms with Crippen molar-refractivity contribution >= 4 is 10.9 Å². The molecule has 16 heavy (non-hydrogen) atoms. The summed E-state index contributed by atoms with van der Waals surface area (Å²) in [5.41, 5.74) is 9.86. The lowest BCUT2D eigenvalue weighted by Crippen LogP contribution is -2.24. The maximum absolute atomic E-state index is 6.14. The molecule has 1 heterocycles. The van der Waals surface area contributed by atoms with Crippen molar-refractivity contribution in [2.24, 2.45) is 12.8 Å². The molecule has 0 atom stereocenters. The fourth-order valence-electron chi connectivity index (χ4n) is 2.34. The molecular formula is C13H17N3. The van der Waals surface area contributed by atoms with Gasteiger partial charge in [0.15, 0.2) is 0 Å². The maximum atomic E-state index is 6.14. The van der Waals surface area contributed by atoms with Crippen LogP contribution in [-0.2, 0) is 13.5 Å². The number of aromatic nitrogens is 2. The number of hydrogen-bond donors (Lipinski definition) is 1. The second-order valence-electron chi connectivity index (χ2n) is 5.10. The summed E-state index contributed by atoms with van der Waals surface area (Å²) in [6, 6.07) is 6.57. The van der Waals surface area contributed by atoms with Gasteiger partial charge in [0.25, 0.3) is 0 Å². The van der Waals surface area contributed by atoms with E-state index in [1.165, 1.54) is 16.5 Å². The smallest absolute Gasteiger partial charge is 0.0684 e. The van der Waals surface area contributed by atoms with Crippen LogP contribution in [0.3, 0.4) is 0 Å². The zero-order valence-electron chi connectivity index (χ0n) is 9.83. The molecule has 0 spiro atoms. The quantitative estimate of drug-likeness (QED) is 0.831. The summed E-state index contributed by atoms with van der Waals surface area (Å²) in [7, 11) is 1.99. The van der Waals surface area contributed by atoms with Crippen LogP contribution in [0.25, 0.3) is 10.9 Å². The third-order valence-electron chi connectivity index (χ3n) is 3.55. The average Bonchev–Trinajstić information content (AvgIpc) is 2.88. The van der Waals surface area contributed by atoms with Crippen molar-refractivity contribution in [2.45, 2.75) is 31.7 Å². The van der Waals surface area contributed by atoms with E-state index in [0.29, 0.717) is 0 Å². The van der Waals surface area contributed by atoms with Gasteiger partial charge in [-0.3, -0.25) is 4.68 Å². The van der Waals surface area contributed by atoms with E-state index >= 15 is 0 Å². The highest BCUT2D eigenvalue weighted by atomic mass is 15.3. The molecule has 3 rings (SSSR count). The molecule has 0 radical (unpaired) electrons. The molecule has 1 aliphatic carbocycles. The summed E-state index contributed by atoms with van der Waals surface area (Å²) < 4.78 is 1.95. The van der Waals surface area contributed by atoms with E-state index in [2.05, 4.69) is 23.3 Å². The van der Waals surface area contributed by atoms with Crippen LogP contribution in [0.5, 0.6) is 0 Å². The van der Waals surface area contributed by atoms with Crippen LogP contribution >= 0.6 is 0 Å². The van der Waals surface area contributed by atoms with Gasteiger partial charge in [-0.05, 0) is 37.8 Å². The van der Waals surface area contributed by atoms with Crippen molar-refractivity contribution in [3.05, 3.63) is 29.5 Å². The number of aryl methyl sites for hydroxylation is 2. The van der Waals surface area contributed by atoms with Crippen LogP contribution < -0.4 is 5.73 Å². The monoisotopic (exact) mass is 215 g/mol. The summed E-state index contributed by atoms with van der Waals surface area (Å²) in [5, 5.41) is 5.67. The lowest BCUT2D eigenvalue weighted by molar-refractivity contribution is 0.672. The van der Waals surface area contributed by atoms with Crippen molar-refractivity contribution in [3.8, 4) is 0 Å². The van der Waals surface area contributed by atoms with E-state index in [4.69, 9.17) is 5.73 Å². The molecule has 1 fully saturated rings. The van der Waals surface area contributed by atoms with Gasteiger partial charge in [-0.25, -0.2) is 0 Å². The first-order valence-electron chi connectivity index (χ1n) is 5.79. The minimum Gasteiger partial charge on any atom is -0.325 e. The molecule has 0 amide bonds. The Morgan fingerprint density at radius 2 is 2.19 bits per heavy atom. The van der Waals surface area contributed by atoms with E-state index in [1.807, 2.05) is 18.7 Å². The molecule has 1 saturated carbocycles. The first-order valence-corrected chi connectivity index (χ1v) is 5.79. The van der Waals surface area contributed by atoms with Crippen LogP contribution in [0.4, 0.5) is 0 Å². The molecular weight excluding hydrogens is 198 g/mol. The number of fused-ring (bicyclic) bond motifs is 1. The van der Waals surface area contributed by atoms with Crippen LogP contribution in [0.2, 0.25) is 0 Å². The van der Waals surface area contributed by atoms with E-state index in [-0.39, 0.29) is 5.54 Å². The largest absolute Gasteiger partial charge is 0.325 e. The van der Waals surface area contributed by atoms with Crippen LogP contribution in [0, 0.1) is 6.92 Å². The average molecular weight is 215 g/mol. The lowest BCUT2D eigenvalue weighted by Gasteiger charge is -2.08. The Kier molecular flexibility index (Phi) is 1.89. The van der Waals surface area contributed by atoms with Gasteiger partial charge in [0.1, 0.15) is 0 Å².